The van der Waals surface area contributed by atoms with Crippen molar-refractivity contribution in [2.45, 2.75) is 0 Å². The van der Waals surface area contributed by atoms with Gasteiger partial charge in [-0.2, -0.15) is 5.10 Å². The largest absolute Gasteiger partial charge is 0.382 e. The predicted octanol–water partition coefficient (Wildman–Crippen LogP) is 0.600. The highest BCUT2D eigenvalue weighted by Crippen LogP contribution is 2.11. The lowest BCUT2D eigenvalue weighted by atomic mass is 10.4. The maximum atomic E-state index is 7.33. The SMILES string of the molecule is N=C(N)c1nccnc1-n1cc(Cl)cn1. The number of nitrogens with two attached hydrogens (primary N) is 1. The first-order valence-electron chi connectivity index (χ1n) is 4.04. The number of amidine groups is 1. The van der Waals surface area contributed by atoms with Gasteiger partial charge < -0.3 is 5.73 Å². The van der Waals surface area contributed by atoms with Gasteiger partial charge in [0, 0.05) is 12.4 Å². The number of hydrogen-bond acceptors (Lipinski definition) is 4. The highest BCUT2D eigenvalue weighted by atomic mass is 35.5. The van der Waals surface area contributed by atoms with E-state index in [1.54, 1.807) is 6.20 Å². The van der Waals surface area contributed by atoms with E-state index >= 15 is 0 Å². The van der Waals surface area contributed by atoms with Crippen molar-refractivity contribution in [3.63, 3.8) is 0 Å². The third-order valence-corrected chi connectivity index (χ3v) is 1.90. The molecule has 0 amide bonds. The number of halogens is 1. The second kappa shape index (κ2) is 3.66. The molecule has 0 aromatic carbocycles. The molecule has 76 valence electrons. The summed E-state index contributed by atoms with van der Waals surface area (Å²) in [4.78, 5) is 7.99. The highest BCUT2D eigenvalue weighted by Gasteiger charge is 2.10. The Morgan fingerprint density at radius 3 is 2.73 bits per heavy atom. The zero-order chi connectivity index (χ0) is 10.8. The fourth-order valence-electron chi connectivity index (χ4n) is 1.11. The molecular weight excluding hydrogens is 216 g/mol. The molecule has 0 radical (unpaired) electrons. The molecule has 2 rings (SSSR count). The van der Waals surface area contributed by atoms with E-state index in [0.29, 0.717) is 10.8 Å². The van der Waals surface area contributed by atoms with Crippen LogP contribution < -0.4 is 5.73 Å². The van der Waals surface area contributed by atoms with Crippen LogP contribution in [0.25, 0.3) is 5.82 Å². The van der Waals surface area contributed by atoms with Gasteiger partial charge in [-0.15, -0.1) is 0 Å². The molecule has 15 heavy (non-hydrogen) atoms. The molecule has 0 atom stereocenters. The molecular formula is C8H7ClN6. The van der Waals surface area contributed by atoms with Crippen molar-refractivity contribution in [2.75, 3.05) is 0 Å². The van der Waals surface area contributed by atoms with Crippen LogP contribution in [0.15, 0.2) is 24.8 Å². The second-order valence-electron chi connectivity index (χ2n) is 2.75. The Labute approximate surface area is 90.2 Å². The molecule has 0 fully saturated rings. The minimum atomic E-state index is -0.162. The van der Waals surface area contributed by atoms with Crippen molar-refractivity contribution in [3.8, 4) is 5.82 Å². The van der Waals surface area contributed by atoms with Gasteiger partial charge in [0.15, 0.2) is 5.82 Å². The maximum Gasteiger partial charge on any atom is 0.183 e. The van der Waals surface area contributed by atoms with Crippen LogP contribution >= 0.6 is 11.6 Å². The Hall–Kier alpha value is -1.95. The van der Waals surface area contributed by atoms with E-state index in [9.17, 15) is 0 Å². The molecule has 2 heterocycles. The van der Waals surface area contributed by atoms with Gasteiger partial charge in [0.1, 0.15) is 11.5 Å². The van der Waals surface area contributed by atoms with E-state index in [4.69, 9.17) is 22.7 Å². The number of rotatable bonds is 2. The Morgan fingerprint density at radius 2 is 2.13 bits per heavy atom. The fourth-order valence-corrected chi connectivity index (χ4v) is 1.24. The maximum absolute atomic E-state index is 7.33. The topological polar surface area (TPSA) is 93.5 Å². The van der Waals surface area contributed by atoms with Crippen LogP contribution in [0, 0.1) is 5.41 Å². The lowest BCUT2D eigenvalue weighted by molar-refractivity contribution is 0.833. The van der Waals surface area contributed by atoms with Crippen LogP contribution in [0.4, 0.5) is 0 Å². The fraction of sp³-hybridized carbons (Fsp3) is 0. The van der Waals surface area contributed by atoms with E-state index < -0.39 is 0 Å². The Morgan fingerprint density at radius 1 is 1.40 bits per heavy atom. The van der Waals surface area contributed by atoms with Crippen molar-refractivity contribution in [1.82, 2.24) is 19.7 Å². The normalized spacial score (nSPS) is 10.2. The smallest absolute Gasteiger partial charge is 0.183 e. The lowest BCUT2D eigenvalue weighted by Gasteiger charge is -2.04. The lowest BCUT2D eigenvalue weighted by Crippen LogP contribution is -2.18. The molecule has 2 aromatic heterocycles. The van der Waals surface area contributed by atoms with Crippen LogP contribution in [0.1, 0.15) is 5.69 Å². The number of hydrogen-bond donors (Lipinski definition) is 2. The van der Waals surface area contributed by atoms with E-state index in [-0.39, 0.29) is 11.5 Å². The minimum Gasteiger partial charge on any atom is -0.382 e. The van der Waals surface area contributed by atoms with Crippen molar-refractivity contribution >= 4 is 17.4 Å². The molecule has 7 heteroatoms. The van der Waals surface area contributed by atoms with Crippen molar-refractivity contribution in [1.29, 1.82) is 5.41 Å². The van der Waals surface area contributed by atoms with E-state index in [2.05, 4.69) is 15.1 Å². The van der Waals surface area contributed by atoms with E-state index in [1.807, 2.05) is 0 Å². The summed E-state index contributed by atoms with van der Waals surface area (Å²) in [6, 6.07) is 0. The van der Waals surface area contributed by atoms with Gasteiger partial charge in [-0.1, -0.05) is 11.6 Å². The van der Waals surface area contributed by atoms with Crippen LogP contribution in [0.3, 0.4) is 0 Å². The second-order valence-corrected chi connectivity index (χ2v) is 3.18. The van der Waals surface area contributed by atoms with Gasteiger partial charge in [0.05, 0.1) is 17.4 Å². The molecule has 0 spiro atoms. The highest BCUT2D eigenvalue weighted by molar-refractivity contribution is 6.30. The average Bonchev–Trinajstić information content (AvgIpc) is 2.65. The minimum absolute atomic E-state index is 0.162. The summed E-state index contributed by atoms with van der Waals surface area (Å²) >= 11 is 5.73. The molecule has 0 unspecified atom stereocenters. The van der Waals surface area contributed by atoms with Crippen LogP contribution in [0.2, 0.25) is 5.02 Å². The molecule has 0 bridgehead atoms. The Bertz CT molecular complexity index is 505. The third kappa shape index (κ3) is 1.79. The van der Waals surface area contributed by atoms with Gasteiger partial charge in [0.2, 0.25) is 0 Å². The summed E-state index contributed by atoms with van der Waals surface area (Å²) < 4.78 is 1.42. The predicted molar refractivity (Wildman–Crippen MR) is 55.2 cm³/mol. The average molecular weight is 223 g/mol. The Balaban J connectivity index is 2.57. The zero-order valence-corrected chi connectivity index (χ0v) is 8.31. The van der Waals surface area contributed by atoms with Crippen LogP contribution in [0.5, 0.6) is 0 Å². The van der Waals surface area contributed by atoms with Gasteiger partial charge in [-0.05, 0) is 0 Å². The molecule has 2 aromatic rings. The molecule has 0 aliphatic heterocycles. The van der Waals surface area contributed by atoms with Crippen molar-refractivity contribution in [2.24, 2.45) is 5.73 Å². The van der Waals surface area contributed by atoms with E-state index in [0.717, 1.165) is 0 Å². The first-order valence-corrected chi connectivity index (χ1v) is 4.42. The summed E-state index contributed by atoms with van der Waals surface area (Å²) in [5, 5.41) is 11.8. The number of nitrogens with zero attached hydrogens (tertiary/aromatic N) is 4. The van der Waals surface area contributed by atoms with Crippen molar-refractivity contribution in [3.05, 3.63) is 35.5 Å². The summed E-state index contributed by atoms with van der Waals surface area (Å²) in [5.74, 6) is 0.224. The first kappa shape index (κ1) is 9.60. The molecule has 0 aliphatic carbocycles. The standard InChI is InChI=1S/C8H7ClN6/c9-5-3-14-15(4-5)8-6(7(10)11)12-1-2-13-8/h1-4H,(H3,10,11). The molecule has 0 aliphatic rings. The van der Waals surface area contributed by atoms with Crippen LogP contribution in [-0.2, 0) is 0 Å². The summed E-state index contributed by atoms with van der Waals surface area (Å²) in [6.07, 6.45) is 6.00. The van der Waals surface area contributed by atoms with E-state index in [1.165, 1.54) is 23.3 Å². The number of nitrogens with one attached hydrogen (secondary N) is 1. The number of nitrogen functional groups attached to an aromatic ring is 1. The van der Waals surface area contributed by atoms with Gasteiger partial charge >= 0.3 is 0 Å². The van der Waals surface area contributed by atoms with Crippen molar-refractivity contribution < 1.29 is 0 Å². The molecule has 6 nitrogen and oxygen atoms in total. The zero-order valence-electron chi connectivity index (χ0n) is 7.55. The summed E-state index contributed by atoms with van der Waals surface area (Å²) in [6.45, 7) is 0. The summed E-state index contributed by atoms with van der Waals surface area (Å²) in [5.41, 5.74) is 5.64. The molecule has 0 saturated heterocycles. The summed E-state index contributed by atoms with van der Waals surface area (Å²) in [7, 11) is 0. The first-order chi connectivity index (χ1) is 7.18. The quantitative estimate of drug-likeness (QED) is 0.575. The third-order valence-electron chi connectivity index (χ3n) is 1.70. The van der Waals surface area contributed by atoms with Gasteiger partial charge in [0.25, 0.3) is 0 Å². The Kier molecular flexibility index (Phi) is 2.34. The van der Waals surface area contributed by atoms with Gasteiger partial charge in [-0.3, -0.25) is 5.41 Å². The van der Waals surface area contributed by atoms with Gasteiger partial charge in [-0.25, -0.2) is 14.6 Å². The number of aromatic nitrogens is 4. The van der Waals surface area contributed by atoms with Crippen LogP contribution in [-0.4, -0.2) is 25.6 Å². The monoisotopic (exact) mass is 222 g/mol. The molecule has 0 saturated carbocycles. The molecule has 3 N–H and O–H groups in total.